The molecule has 0 amide bonds. The highest BCUT2D eigenvalue weighted by Gasteiger charge is 2.69. The summed E-state index contributed by atoms with van der Waals surface area (Å²) in [6.07, 6.45) is 12.5. The van der Waals surface area contributed by atoms with Crippen molar-refractivity contribution >= 4 is 0 Å². The SMILES string of the molecule is C[C@]12CC[C@@H]3[C@@H](CCC4CC5OC5(O)C[C@@]43C)[C@@H]1CC(N1CCC3(CC1)OCCO3)C2. The Balaban J connectivity index is 1.08. The van der Waals surface area contributed by atoms with Crippen LogP contribution in [0, 0.1) is 34.5 Å². The third-order valence-electron chi connectivity index (χ3n) is 11.6. The van der Waals surface area contributed by atoms with E-state index in [0.29, 0.717) is 5.41 Å². The van der Waals surface area contributed by atoms with Gasteiger partial charge in [-0.1, -0.05) is 13.8 Å². The number of epoxide rings is 1. The first-order valence-corrected chi connectivity index (χ1v) is 13.2. The molecule has 5 heteroatoms. The number of likely N-dealkylation sites (tertiary alicyclic amines) is 1. The van der Waals surface area contributed by atoms with Gasteiger partial charge in [-0.25, -0.2) is 0 Å². The summed E-state index contributed by atoms with van der Waals surface area (Å²) in [4.78, 5) is 2.79. The van der Waals surface area contributed by atoms with Crippen LogP contribution < -0.4 is 0 Å². The Morgan fingerprint density at radius 3 is 2.45 bits per heavy atom. The summed E-state index contributed by atoms with van der Waals surface area (Å²) < 4.78 is 17.7. The Kier molecular flexibility index (Phi) is 4.22. The average molecular weight is 432 g/mol. The van der Waals surface area contributed by atoms with Crippen LogP contribution in [0.25, 0.3) is 0 Å². The van der Waals surface area contributed by atoms with E-state index in [2.05, 4.69) is 18.7 Å². The monoisotopic (exact) mass is 431 g/mol. The fourth-order valence-electron chi connectivity index (χ4n) is 9.92. The molecule has 1 spiro atoms. The molecule has 4 saturated carbocycles. The van der Waals surface area contributed by atoms with Gasteiger partial charge >= 0.3 is 0 Å². The minimum atomic E-state index is -0.778. The maximum Gasteiger partial charge on any atom is 0.193 e. The summed E-state index contributed by atoms with van der Waals surface area (Å²) in [5, 5.41) is 10.8. The highest BCUT2D eigenvalue weighted by molar-refractivity contribution is 5.14. The van der Waals surface area contributed by atoms with E-state index in [1.807, 2.05) is 0 Å². The minimum absolute atomic E-state index is 0.141. The highest BCUT2D eigenvalue weighted by atomic mass is 16.7. The predicted molar refractivity (Wildman–Crippen MR) is 116 cm³/mol. The van der Waals surface area contributed by atoms with Gasteiger partial charge in [-0.05, 0) is 79.4 Å². The van der Waals surface area contributed by atoms with Crippen molar-refractivity contribution in [3.63, 3.8) is 0 Å². The van der Waals surface area contributed by atoms with Crippen molar-refractivity contribution in [2.45, 2.75) is 102 Å². The van der Waals surface area contributed by atoms with E-state index in [4.69, 9.17) is 14.2 Å². The molecule has 4 aliphatic carbocycles. The number of nitrogens with zero attached hydrogens (tertiary/aromatic N) is 1. The normalized spacial score (nSPS) is 57.8. The zero-order valence-corrected chi connectivity index (χ0v) is 19.5. The molecule has 3 saturated heterocycles. The van der Waals surface area contributed by atoms with Crippen molar-refractivity contribution in [3.05, 3.63) is 0 Å². The van der Waals surface area contributed by atoms with Gasteiger partial charge in [-0.3, -0.25) is 4.90 Å². The third kappa shape index (κ3) is 2.86. The summed E-state index contributed by atoms with van der Waals surface area (Å²) >= 11 is 0. The summed E-state index contributed by atoms with van der Waals surface area (Å²) in [6.45, 7) is 8.94. The minimum Gasteiger partial charge on any atom is -0.363 e. The summed E-state index contributed by atoms with van der Waals surface area (Å²) in [5.74, 6) is 2.21. The van der Waals surface area contributed by atoms with E-state index in [-0.39, 0.29) is 17.3 Å². The molecule has 7 aliphatic rings. The van der Waals surface area contributed by atoms with Gasteiger partial charge in [-0.2, -0.15) is 0 Å². The second-order valence-electron chi connectivity index (χ2n) is 13.0. The fraction of sp³-hybridized carbons (Fsp3) is 1.00. The van der Waals surface area contributed by atoms with Gasteiger partial charge in [0.2, 0.25) is 0 Å². The maximum absolute atomic E-state index is 10.8. The number of hydrogen-bond donors (Lipinski definition) is 1. The third-order valence-corrected chi connectivity index (χ3v) is 11.6. The molecule has 9 atom stereocenters. The van der Waals surface area contributed by atoms with E-state index in [1.54, 1.807) is 0 Å². The van der Waals surface area contributed by atoms with Gasteiger partial charge in [0.15, 0.2) is 11.6 Å². The fourth-order valence-corrected chi connectivity index (χ4v) is 9.92. The largest absolute Gasteiger partial charge is 0.363 e. The molecule has 0 aromatic carbocycles. The molecule has 4 unspecified atom stereocenters. The van der Waals surface area contributed by atoms with E-state index in [9.17, 15) is 5.11 Å². The number of rotatable bonds is 1. The first kappa shape index (κ1) is 20.2. The van der Waals surface area contributed by atoms with Crippen LogP contribution in [0.1, 0.15) is 78.1 Å². The summed E-state index contributed by atoms with van der Waals surface area (Å²) in [5.41, 5.74) is 0.785. The van der Waals surface area contributed by atoms with Crippen LogP contribution >= 0.6 is 0 Å². The van der Waals surface area contributed by atoms with Crippen molar-refractivity contribution in [2.75, 3.05) is 26.3 Å². The first-order chi connectivity index (χ1) is 14.8. The zero-order chi connectivity index (χ0) is 21.1. The summed E-state index contributed by atoms with van der Waals surface area (Å²) in [7, 11) is 0. The van der Waals surface area contributed by atoms with E-state index in [1.165, 1.54) is 38.5 Å². The van der Waals surface area contributed by atoms with Gasteiger partial charge in [0.1, 0.15) is 6.10 Å². The van der Waals surface area contributed by atoms with Gasteiger partial charge < -0.3 is 19.3 Å². The molecule has 0 aromatic rings. The number of fused-ring (bicyclic) bond motifs is 6. The Hall–Kier alpha value is -0.200. The van der Waals surface area contributed by atoms with Gasteiger partial charge in [0.05, 0.1) is 13.2 Å². The number of aliphatic hydroxyl groups is 1. The molecule has 1 N–H and O–H groups in total. The lowest BCUT2D eigenvalue weighted by molar-refractivity contribution is -0.187. The molecule has 31 heavy (non-hydrogen) atoms. The Labute approximate surface area is 187 Å². The maximum atomic E-state index is 10.8. The van der Waals surface area contributed by atoms with Crippen molar-refractivity contribution in [1.29, 1.82) is 0 Å². The highest BCUT2D eigenvalue weighted by Crippen LogP contribution is 2.69. The van der Waals surface area contributed by atoms with Crippen LogP contribution in [0.2, 0.25) is 0 Å². The second kappa shape index (κ2) is 6.47. The standard InChI is InChI=1S/C26H41NO4/c1-23-6-5-20-19(4-3-17-13-22-26(28,31-22)16-24(17,20)2)21(23)14-18(15-23)27-9-7-25(8-10-27)29-11-12-30-25/h17-22,28H,3-16H2,1-2H3/t17?,18?,19-,20-,21+,22?,23-,24+,26?/m1/s1. The lowest BCUT2D eigenvalue weighted by Gasteiger charge is -2.59. The van der Waals surface area contributed by atoms with Crippen LogP contribution in [-0.2, 0) is 14.2 Å². The van der Waals surface area contributed by atoms with E-state index < -0.39 is 5.79 Å². The molecule has 7 rings (SSSR count). The van der Waals surface area contributed by atoms with Crippen molar-refractivity contribution in [2.24, 2.45) is 34.5 Å². The van der Waals surface area contributed by atoms with Crippen LogP contribution in [0.3, 0.4) is 0 Å². The number of ether oxygens (including phenoxy) is 3. The molecular weight excluding hydrogens is 390 g/mol. The molecule has 3 aliphatic heterocycles. The Morgan fingerprint density at radius 1 is 0.903 bits per heavy atom. The molecular formula is C26H41NO4. The predicted octanol–water partition coefficient (Wildman–Crippen LogP) is 3.93. The summed E-state index contributed by atoms with van der Waals surface area (Å²) in [6, 6.07) is 0.740. The lowest BCUT2D eigenvalue weighted by atomic mass is 9.45. The van der Waals surface area contributed by atoms with E-state index in [0.717, 1.165) is 81.7 Å². The molecule has 0 radical (unpaired) electrons. The zero-order valence-electron chi connectivity index (χ0n) is 19.5. The molecule has 5 nitrogen and oxygen atoms in total. The first-order valence-electron chi connectivity index (χ1n) is 13.2. The van der Waals surface area contributed by atoms with Gasteiger partial charge in [0.25, 0.3) is 0 Å². The quantitative estimate of drug-likeness (QED) is 0.638. The van der Waals surface area contributed by atoms with Gasteiger partial charge in [-0.15, -0.1) is 0 Å². The van der Waals surface area contributed by atoms with Crippen LogP contribution in [0.4, 0.5) is 0 Å². The van der Waals surface area contributed by atoms with Crippen LogP contribution in [-0.4, -0.2) is 60.0 Å². The average Bonchev–Trinajstić information content (AvgIpc) is 3.05. The van der Waals surface area contributed by atoms with Crippen molar-refractivity contribution in [3.8, 4) is 0 Å². The molecule has 7 fully saturated rings. The van der Waals surface area contributed by atoms with Crippen molar-refractivity contribution in [1.82, 2.24) is 4.90 Å². The van der Waals surface area contributed by atoms with Gasteiger partial charge in [0, 0.05) is 38.4 Å². The topological polar surface area (TPSA) is 54.5 Å². The van der Waals surface area contributed by atoms with Crippen molar-refractivity contribution < 1.29 is 19.3 Å². The Bertz CT molecular complexity index is 744. The van der Waals surface area contributed by atoms with Crippen LogP contribution in [0.5, 0.6) is 0 Å². The lowest BCUT2D eigenvalue weighted by Crippen LogP contribution is -2.54. The number of hydrogen-bond acceptors (Lipinski definition) is 5. The number of piperidine rings is 1. The molecule has 0 aromatic heterocycles. The second-order valence-corrected chi connectivity index (χ2v) is 13.0. The smallest absolute Gasteiger partial charge is 0.193 e. The van der Waals surface area contributed by atoms with Crippen LogP contribution in [0.15, 0.2) is 0 Å². The molecule has 174 valence electrons. The van der Waals surface area contributed by atoms with E-state index >= 15 is 0 Å². The molecule has 0 bridgehead atoms. The molecule has 3 heterocycles. The Morgan fingerprint density at radius 2 is 1.68 bits per heavy atom.